The first-order valence-corrected chi connectivity index (χ1v) is 12.5. The summed E-state index contributed by atoms with van der Waals surface area (Å²) in [5.74, 6) is -0.358. The molecule has 0 aliphatic rings. The second-order valence-electron chi connectivity index (χ2n) is 8.69. The average molecular weight is 492 g/mol. The van der Waals surface area contributed by atoms with Crippen LogP contribution in [-0.4, -0.2) is 15.7 Å². The van der Waals surface area contributed by atoms with Gasteiger partial charge in [0, 0.05) is 20.9 Å². The van der Waals surface area contributed by atoms with E-state index >= 15 is 0 Å². The van der Waals surface area contributed by atoms with E-state index in [1.165, 1.54) is 20.7 Å². The molecule has 0 unspecified atom stereocenters. The predicted molar refractivity (Wildman–Crippen MR) is 146 cm³/mol. The zero-order chi connectivity index (χ0) is 25.1. The highest BCUT2D eigenvalue weighted by Gasteiger charge is 2.17. The molecule has 0 radical (unpaired) electrons. The van der Waals surface area contributed by atoms with E-state index in [-0.39, 0.29) is 23.7 Å². The van der Waals surface area contributed by atoms with E-state index in [0.717, 1.165) is 10.5 Å². The van der Waals surface area contributed by atoms with Crippen molar-refractivity contribution in [1.82, 2.24) is 9.78 Å². The molecular weight excluding hydrogens is 466 g/mol. The Morgan fingerprint density at radius 1 is 0.861 bits per heavy atom. The van der Waals surface area contributed by atoms with Crippen molar-refractivity contribution in [3.05, 3.63) is 130 Å². The van der Waals surface area contributed by atoms with E-state index < -0.39 is 0 Å². The molecule has 0 saturated heterocycles. The monoisotopic (exact) mass is 491 g/mol. The Bertz CT molecular complexity index is 1610. The molecule has 0 saturated carbocycles. The van der Waals surface area contributed by atoms with Gasteiger partial charge in [0.05, 0.1) is 11.9 Å². The molecule has 0 atom stereocenters. The Morgan fingerprint density at radius 2 is 1.56 bits per heavy atom. The SMILES string of the molecule is Cc1ccc(C)c(Sc2ccc(NC(=O)c3nn(Cc4ccccc4)c(=O)c4ccccc34)cc2)c1. The van der Waals surface area contributed by atoms with Crippen LogP contribution in [0.1, 0.15) is 27.2 Å². The van der Waals surface area contributed by atoms with Gasteiger partial charge in [-0.1, -0.05) is 72.4 Å². The van der Waals surface area contributed by atoms with Crippen LogP contribution in [0.15, 0.2) is 112 Å². The molecule has 0 aliphatic carbocycles. The first-order chi connectivity index (χ1) is 17.5. The van der Waals surface area contributed by atoms with Crippen LogP contribution >= 0.6 is 11.8 Å². The number of hydrogen-bond donors (Lipinski definition) is 1. The number of anilines is 1. The standard InChI is InChI=1S/C30H25N3O2S/c1-20-12-13-21(2)27(18-20)36-24-16-14-23(15-17-24)31-29(34)28-25-10-6-7-11-26(25)30(35)33(32-28)19-22-8-4-3-5-9-22/h3-18H,19H2,1-2H3,(H,31,34). The van der Waals surface area contributed by atoms with Crippen LogP contribution < -0.4 is 10.9 Å². The van der Waals surface area contributed by atoms with Gasteiger partial charge in [-0.15, -0.1) is 0 Å². The Kier molecular flexibility index (Phi) is 6.69. The van der Waals surface area contributed by atoms with Gasteiger partial charge in [0.1, 0.15) is 0 Å². The molecule has 1 N–H and O–H groups in total. The topological polar surface area (TPSA) is 64.0 Å². The largest absolute Gasteiger partial charge is 0.321 e. The Balaban J connectivity index is 1.41. The Morgan fingerprint density at radius 3 is 2.31 bits per heavy atom. The van der Waals surface area contributed by atoms with Crippen LogP contribution in [0, 0.1) is 13.8 Å². The number of nitrogens with zero attached hydrogens (tertiary/aromatic N) is 2. The molecule has 36 heavy (non-hydrogen) atoms. The summed E-state index contributed by atoms with van der Waals surface area (Å²) in [5.41, 5.74) is 4.04. The quantitative estimate of drug-likeness (QED) is 0.296. The van der Waals surface area contributed by atoms with Crippen molar-refractivity contribution in [1.29, 1.82) is 0 Å². The third-order valence-corrected chi connectivity index (χ3v) is 7.11. The van der Waals surface area contributed by atoms with Gasteiger partial charge in [0.2, 0.25) is 0 Å². The Labute approximate surface area is 213 Å². The van der Waals surface area contributed by atoms with Gasteiger partial charge in [-0.3, -0.25) is 9.59 Å². The van der Waals surface area contributed by atoms with Crippen molar-refractivity contribution in [2.75, 3.05) is 5.32 Å². The van der Waals surface area contributed by atoms with Gasteiger partial charge >= 0.3 is 0 Å². The molecular formula is C30H25N3O2S. The number of rotatable bonds is 6. The average Bonchev–Trinajstić information content (AvgIpc) is 2.89. The van der Waals surface area contributed by atoms with E-state index in [1.54, 1.807) is 36.0 Å². The van der Waals surface area contributed by atoms with Gasteiger partial charge in [-0.2, -0.15) is 5.10 Å². The summed E-state index contributed by atoms with van der Waals surface area (Å²) in [5, 5.41) is 8.42. The van der Waals surface area contributed by atoms with Crippen molar-refractivity contribution in [3.63, 3.8) is 0 Å². The number of hydrogen-bond acceptors (Lipinski definition) is 4. The van der Waals surface area contributed by atoms with Crippen molar-refractivity contribution in [3.8, 4) is 0 Å². The first kappa shape index (κ1) is 23.6. The van der Waals surface area contributed by atoms with Crippen LogP contribution in [0.3, 0.4) is 0 Å². The van der Waals surface area contributed by atoms with Gasteiger partial charge in [-0.25, -0.2) is 4.68 Å². The summed E-state index contributed by atoms with van der Waals surface area (Å²) in [6, 6.07) is 30.9. The normalized spacial score (nSPS) is 10.9. The maximum atomic E-state index is 13.3. The molecule has 5 rings (SSSR count). The van der Waals surface area contributed by atoms with Crippen molar-refractivity contribution < 1.29 is 4.79 Å². The molecule has 0 bridgehead atoms. The number of fused-ring (bicyclic) bond motifs is 1. The molecule has 0 fully saturated rings. The van der Waals surface area contributed by atoms with Crippen LogP contribution in [0.5, 0.6) is 0 Å². The third kappa shape index (κ3) is 5.09. The number of carbonyl (C=O) groups is 1. The lowest BCUT2D eigenvalue weighted by Crippen LogP contribution is -2.28. The lowest BCUT2D eigenvalue weighted by molar-refractivity contribution is 0.102. The minimum atomic E-state index is -0.358. The van der Waals surface area contributed by atoms with Gasteiger partial charge in [-0.05, 0) is 66.9 Å². The summed E-state index contributed by atoms with van der Waals surface area (Å²) in [6.45, 7) is 4.48. The van der Waals surface area contributed by atoms with Crippen molar-refractivity contribution in [2.45, 2.75) is 30.2 Å². The second-order valence-corrected chi connectivity index (χ2v) is 9.81. The smallest absolute Gasteiger partial charge is 0.276 e. The highest BCUT2D eigenvalue weighted by atomic mass is 32.2. The van der Waals surface area contributed by atoms with Crippen LogP contribution in [-0.2, 0) is 6.54 Å². The van der Waals surface area contributed by atoms with Gasteiger partial charge in [0.15, 0.2) is 5.69 Å². The molecule has 1 aromatic heterocycles. The summed E-state index contributed by atoms with van der Waals surface area (Å²) in [6.07, 6.45) is 0. The number of amides is 1. The zero-order valence-corrected chi connectivity index (χ0v) is 20.9. The predicted octanol–water partition coefficient (Wildman–Crippen LogP) is 6.47. The fraction of sp³-hybridized carbons (Fsp3) is 0.100. The molecule has 5 aromatic rings. The lowest BCUT2D eigenvalue weighted by Gasteiger charge is -2.12. The molecule has 0 aliphatic heterocycles. The lowest BCUT2D eigenvalue weighted by atomic mass is 10.1. The van der Waals surface area contributed by atoms with Crippen LogP contribution in [0.25, 0.3) is 10.8 Å². The molecule has 6 heteroatoms. The molecule has 1 heterocycles. The highest BCUT2D eigenvalue weighted by molar-refractivity contribution is 7.99. The van der Waals surface area contributed by atoms with E-state index in [0.29, 0.717) is 16.5 Å². The number of aryl methyl sites for hydroxylation is 2. The molecule has 4 aromatic carbocycles. The fourth-order valence-corrected chi connectivity index (χ4v) is 5.01. The van der Waals surface area contributed by atoms with E-state index in [1.807, 2.05) is 54.6 Å². The van der Waals surface area contributed by atoms with Crippen LogP contribution in [0.2, 0.25) is 0 Å². The molecule has 5 nitrogen and oxygen atoms in total. The summed E-state index contributed by atoms with van der Waals surface area (Å²) in [7, 11) is 0. The maximum absolute atomic E-state index is 13.3. The van der Waals surface area contributed by atoms with E-state index in [2.05, 4.69) is 42.5 Å². The van der Waals surface area contributed by atoms with Gasteiger partial charge in [0.25, 0.3) is 11.5 Å². The molecule has 0 spiro atoms. The minimum Gasteiger partial charge on any atom is -0.321 e. The van der Waals surface area contributed by atoms with Crippen molar-refractivity contribution in [2.24, 2.45) is 0 Å². The van der Waals surface area contributed by atoms with E-state index in [9.17, 15) is 9.59 Å². The van der Waals surface area contributed by atoms with Gasteiger partial charge < -0.3 is 5.32 Å². The molecule has 178 valence electrons. The highest BCUT2D eigenvalue weighted by Crippen LogP contribution is 2.31. The number of nitrogens with one attached hydrogen (secondary N) is 1. The van der Waals surface area contributed by atoms with Crippen molar-refractivity contribution >= 4 is 34.1 Å². The minimum absolute atomic E-state index is 0.218. The second kappa shape index (κ2) is 10.2. The maximum Gasteiger partial charge on any atom is 0.276 e. The number of carbonyl (C=O) groups excluding carboxylic acids is 1. The zero-order valence-electron chi connectivity index (χ0n) is 20.1. The number of aromatic nitrogens is 2. The summed E-state index contributed by atoms with van der Waals surface area (Å²) >= 11 is 1.70. The fourth-order valence-electron chi connectivity index (χ4n) is 4.01. The van der Waals surface area contributed by atoms with E-state index in [4.69, 9.17) is 0 Å². The third-order valence-electron chi connectivity index (χ3n) is 5.94. The molecule has 1 amide bonds. The number of benzene rings is 4. The summed E-state index contributed by atoms with van der Waals surface area (Å²) < 4.78 is 1.36. The first-order valence-electron chi connectivity index (χ1n) is 11.7. The summed E-state index contributed by atoms with van der Waals surface area (Å²) in [4.78, 5) is 28.7. The Hall–Kier alpha value is -4.16. The van der Waals surface area contributed by atoms with Crippen LogP contribution in [0.4, 0.5) is 5.69 Å².